The molecule has 10 heteroatoms. The second-order valence-electron chi connectivity index (χ2n) is 7.66. The highest BCUT2D eigenvalue weighted by molar-refractivity contribution is 7.84. The van der Waals surface area contributed by atoms with Crippen LogP contribution in [0.25, 0.3) is 0 Å². The number of nitrogens with two attached hydrogens (primary N) is 1. The molecule has 0 radical (unpaired) electrons. The molecule has 29 heavy (non-hydrogen) atoms. The molecule has 4 atom stereocenters. The number of anilines is 2. The summed E-state index contributed by atoms with van der Waals surface area (Å²) in [6.07, 6.45) is 3.90. The van der Waals surface area contributed by atoms with Crippen LogP contribution in [0, 0.1) is 5.92 Å². The standard InChI is InChI=1S/C19H25N5O4S/c20-29(26,27)28-10-12-7-16(17(25)8-12)24-19-9-18(21-11-22-19)23-15-6-5-13-3-1-2-4-14(13)15/h1-4,9,11-12,15-17,25H,5-8,10H2,(H2,20,26,27)(H2,21,22,23,24)/t12-,15-,16+,17+/m0/s1. The van der Waals surface area contributed by atoms with Gasteiger partial charge in [-0.3, -0.25) is 4.18 Å². The number of aliphatic hydroxyl groups excluding tert-OH is 1. The minimum Gasteiger partial charge on any atom is -0.391 e. The Hall–Kier alpha value is -2.27. The molecule has 0 spiro atoms. The number of nitrogens with zero attached hydrogens (tertiary/aromatic N) is 2. The van der Waals surface area contributed by atoms with Crippen molar-refractivity contribution in [1.29, 1.82) is 0 Å². The molecule has 1 saturated carbocycles. The highest BCUT2D eigenvalue weighted by atomic mass is 32.2. The summed E-state index contributed by atoms with van der Waals surface area (Å²) < 4.78 is 26.6. The lowest BCUT2D eigenvalue weighted by atomic mass is 10.1. The van der Waals surface area contributed by atoms with E-state index in [1.54, 1.807) is 0 Å². The van der Waals surface area contributed by atoms with Gasteiger partial charge in [0.1, 0.15) is 18.0 Å². The van der Waals surface area contributed by atoms with Crippen molar-refractivity contribution in [2.24, 2.45) is 11.1 Å². The van der Waals surface area contributed by atoms with Crippen molar-refractivity contribution < 1.29 is 17.7 Å². The average molecular weight is 420 g/mol. The predicted molar refractivity (Wildman–Crippen MR) is 108 cm³/mol. The number of hydrogen-bond donors (Lipinski definition) is 4. The zero-order chi connectivity index (χ0) is 20.4. The van der Waals surface area contributed by atoms with Crippen LogP contribution in [-0.2, 0) is 20.9 Å². The molecule has 0 bridgehead atoms. The van der Waals surface area contributed by atoms with Crippen LogP contribution in [-0.4, -0.2) is 42.2 Å². The van der Waals surface area contributed by atoms with E-state index in [0.29, 0.717) is 24.5 Å². The number of nitrogens with one attached hydrogen (secondary N) is 2. The van der Waals surface area contributed by atoms with Gasteiger partial charge in [0.15, 0.2) is 0 Å². The fourth-order valence-corrected chi connectivity index (χ4v) is 4.57. The van der Waals surface area contributed by atoms with Gasteiger partial charge in [0.25, 0.3) is 0 Å². The smallest absolute Gasteiger partial charge is 0.333 e. The molecular formula is C19H25N5O4S. The van der Waals surface area contributed by atoms with Crippen LogP contribution in [0.2, 0.25) is 0 Å². The van der Waals surface area contributed by atoms with Crippen LogP contribution >= 0.6 is 0 Å². The third kappa shape index (κ3) is 5.02. The fourth-order valence-electron chi connectivity index (χ4n) is 4.19. The first-order chi connectivity index (χ1) is 13.9. The molecule has 156 valence electrons. The molecule has 9 nitrogen and oxygen atoms in total. The van der Waals surface area contributed by atoms with Gasteiger partial charge in [0.2, 0.25) is 0 Å². The molecule has 4 rings (SSSR count). The van der Waals surface area contributed by atoms with Crippen LogP contribution in [0.3, 0.4) is 0 Å². The number of rotatable bonds is 7. The second kappa shape index (κ2) is 8.23. The minimum absolute atomic E-state index is 0.0360. The fraction of sp³-hybridized carbons (Fsp3) is 0.474. The summed E-state index contributed by atoms with van der Waals surface area (Å²) in [5.74, 6) is 1.21. The summed E-state index contributed by atoms with van der Waals surface area (Å²) in [6.45, 7) is -0.0360. The Morgan fingerprint density at radius 2 is 1.93 bits per heavy atom. The molecule has 1 aromatic carbocycles. The molecular weight excluding hydrogens is 394 g/mol. The van der Waals surface area contributed by atoms with Gasteiger partial charge in [-0.05, 0) is 42.7 Å². The minimum atomic E-state index is -3.97. The van der Waals surface area contributed by atoms with E-state index >= 15 is 0 Å². The molecule has 0 amide bonds. The van der Waals surface area contributed by atoms with Crippen LogP contribution in [0.1, 0.15) is 36.4 Å². The van der Waals surface area contributed by atoms with Crippen LogP contribution in [0.5, 0.6) is 0 Å². The van der Waals surface area contributed by atoms with Gasteiger partial charge in [0, 0.05) is 6.07 Å². The summed E-state index contributed by atoms with van der Waals surface area (Å²) in [7, 11) is -3.97. The largest absolute Gasteiger partial charge is 0.391 e. The molecule has 1 heterocycles. The first kappa shape index (κ1) is 20.0. The van der Waals surface area contributed by atoms with Crippen molar-refractivity contribution in [2.75, 3.05) is 17.2 Å². The zero-order valence-electron chi connectivity index (χ0n) is 15.9. The van der Waals surface area contributed by atoms with E-state index < -0.39 is 16.4 Å². The predicted octanol–water partition coefficient (Wildman–Crippen LogP) is 1.35. The third-order valence-electron chi connectivity index (χ3n) is 5.55. The first-order valence-electron chi connectivity index (χ1n) is 9.65. The molecule has 0 aliphatic heterocycles. The Labute approximate surface area is 170 Å². The zero-order valence-corrected chi connectivity index (χ0v) is 16.7. The molecule has 1 aromatic heterocycles. The maximum Gasteiger partial charge on any atom is 0.333 e. The summed E-state index contributed by atoms with van der Waals surface area (Å²) in [5, 5.41) is 21.9. The van der Waals surface area contributed by atoms with Crippen molar-refractivity contribution in [3.8, 4) is 0 Å². The van der Waals surface area contributed by atoms with Crippen molar-refractivity contribution in [3.63, 3.8) is 0 Å². The van der Waals surface area contributed by atoms with Crippen LogP contribution < -0.4 is 15.8 Å². The van der Waals surface area contributed by atoms with Crippen molar-refractivity contribution in [3.05, 3.63) is 47.8 Å². The molecule has 5 N–H and O–H groups in total. The van der Waals surface area contributed by atoms with Gasteiger partial charge in [-0.2, -0.15) is 8.42 Å². The van der Waals surface area contributed by atoms with E-state index in [1.165, 1.54) is 17.5 Å². The van der Waals surface area contributed by atoms with Gasteiger partial charge in [-0.25, -0.2) is 15.1 Å². The van der Waals surface area contributed by atoms with E-state index in [0.717, 1.165) is 12.8 Å². The number of aromatic nitrogens is 2. The Balaban J connectivity index is 1.37. The van der Waals surface area contributed by atoms with Crippen LogP contribution in [0.15, 0.2) is 36.7 Å². The molecule has 2 aromatic rings. The van der Waals surface area contributed by atoms with Crippen molar-refractivity contribution in [2.45, 2.75) is 43.9 Å². The van der Waals surface area contributed by atoms with Crippen molar-refractivity contribution in [1.82, 2.24) is 9.97 Å². The number of aryl methyl sites for hydroxylation is 1. The van der Waals surface area contributed by atoms with Gasteiger partial charge < -0.3 is 15.7 Å². The highest BCUT2D eigenvalue weighted by Crippen LogP contribution is 2.34. The maximum absolute atomic E-state index is 11.0. The lowest BCUT2D eigenvalue weighted by Crippen LogP contribution is -2.28. The first-order valence-corrected chi connectivity index (χ1v) is 11.1. The van der Waals surface area contributed by atoms with Gasteiger partial charge in [0.05, 0.1) is 24.8 Å². The normalized spacial score (nSPS) is 26.3. The van der Waals surface area contributed by atoms with Crippen molar-refractivity contribution >= 4 is 21.9 Å². The van der Waals surface area contributed by atoms with Gasteiger partial charge >= 0.3 is 10.3 Å². The van der Waals surface area contributed by atoms with E-state index in [1.807, 2.05) is 12.1 Å². The average Bonchev–Trinajstić information content (AvgIpc) is 3.24. The van der Waals surface area contributed by atoms with E-state index in [4.69, 9.17) is 5.14 Å². The summed E-state index contributed by atoms with van der Waals surface area (Å²) in [6, 6.07) is 10.2. The molecule has 0 unspecified atom stereocenters. The van der Waals surface area contributed by atoms with E-state index in [2.05, 4.69) is 43.0 Å². The summed E-state index contributed by atoms with van der Waals surface area (Å²) >= 11 is 0. The van der Waals surface area contributed by atoms with E-state index in [-0.39, 0.29) is 24.6 Å². The number of fused-ring (bicyclic) bond motifs is 1. The quantitative estimate of drug-likeness (QED) is 0.527. The number of aliphatic hydroxyl groups is 1. The molecule has 2 aliphatic rings. The third-order valence-corrected chi connectivity index (χ3v) is 6.01. The molecule has 2 aliphatic carbocycles. The topological polar surface area (TPSA) is 139 Å². The number of benzene rings is 1. The maximum atomic E-state index is 11.0. The van der Waals surface area contributed by atoms with Crippen LogP contribution in [0.4, 0.5) is 11.6 Å². The Bertz CT molecular complexity index is 971. The van der Waals surface area contributed by atoms with Gasteiger partial charge in [-0.15, -0.1) is 0 Å². The highest BCUT2D eigenvalue weighted by Gasteiger charge is 2.34. The lowest BCUT2D eigenvalue weighted by molar-refractivity contribution is 0.160. The summed E-state index contributed by atoms with van der Waals surface area (Å²) in [4.78, 5) is 8.56. The van der Waals surface area contributed by atoms with Gasteiger partial charge in [-0.1, -0.05) is 24.3 Å². The Morgan fingerprint density at radius 3 is 2.72 bits per heavy atom. The SMILES string of the molecule is NS(=O)(=O)OC[C@@H]1C[C@@H](O)[C@H](Nc2cc(N[C@H]3CCc4ccccc43)ncn2)C1. The monoisotopic (exact) mass is 419 g/mol. The molecule has 0 saturated heterocycles. The number of hydrogen-bond acceptors (Lipinski definition) is 8. The lowest BCUT2D eigenvalue weighted by Gasteiger charge is -2.19. The Morgan fingerprint density at radius 1 is 1.17 bits per heavy atom. The second-order valence-corrected chi connectivity index (χ2v) is 8.88. The summed E-state index contributed by atoms with van der Waals surface area (Å²) in [5.41, 5.74) is 2.66. The molecule has 1 fully saturated rings. The van der Waals surface area contributed by atoms with E-state index in [9.17, 15) is 13.5 Å². The Kier molecular flexibility index (Phi) is 5.68.